The zero-order chi connectivity index (χ0) is 23.4. The molecular formula is C23H26N4O5. The number of likely N-dealkylation sites (N-methyl/N-ethyl adjacent to an activating group) is 1. The Labute approximate surface area is 185 Å². The molecule has 2 aromatic heterocycles. The molecule has 168 valence electrons. The van der Waals surface area contributed by atoms with Crippen molar-refractivity contribution in [3.05, 3.63) is 51.3 Å². The second-order valence-corrected chi connectivity index (χ2v) is 8.58. The number of carbonyl (C=O) groups is 2. The Balaban J connectivity index is 1.75. The van der Waals surface area contributed by atoms with Crippen molar-refractivity contribution >= 4 is 34.3 Å². The molecule has 0 aliphatic carbocycles. The number of hydrogen-bond acceptors (Lipinski definition) is 6. The standard InChI is InChI=1S/C23H26N4O5/c1-12-9-14(10-15-18(12)26(5)22(30)23(15,3)4)25-19(28)16-13(2)32-20-17(16)21(29)27(11-24-20)7-8-31-6/h9-11H,7-8H2,1-6H3,(H,25,28). The van der Waals surface area contributed by atoms with Gasteiger partial charge in [0, 0.05) is 19.8 Å². The summed E-state index contributed by atoms with van der Waals surface area (Å²) >= 11 is 0. The van der Waals surface area contributed by atoms with Gasteiger partial charge in [-0.2, -0.15) is 0 Å². The fraction of sp³-hybridized carbons (Fsp3) is 0.391. The lowest BCUT2D eigenvalue weighted by atomic mass is 9.85. The van der Waals surface area contributed by atoms with Gasteiger partial charge in [0.15, 0.2) is 0 Å². The fourth-order valence-electron chi connectivity index (χ4n) is 4.36. The predicted molar refractivity (Wildman–Crippen MR) is 120 cm³/mol. The summed E-state index contributed by atoms with van der Waals surface area (Å²) in [6.07, 6.45) is 1.38. The number of amides is 2. The minimum Gasteiger partial charge on any atom is -0.442 e. The summed E-state index contributed by atoms with van der Waals surface area (Å²) < 4.78 is 12.0. The second kappa shape index (κ2) is 7.59. The molecule has 3 aromatic rings. The minimum atomic E-state index is -0.702. The van der Waals surface area contributed by atoms with E-state index in [-0.39, 0.29) is 28.1 Å². The third kappa shape index (κ3) is 3.20. The second-order valence-electron chi connectivity index (χ2n) is 8.58. The Bertz CT molecular complexity index is 1320. The van der Waals surface area contributed by atoms with E-state index in [9.17, 15) is 14.4 Å². The highest BCUT2D eigenvalue weighted by Gasteiger charge is 2.43. The number of furan rings is 1. The van der Waals surface area contributed by atoms with Crippen LogP contribution in [0.25, 0.3) is 11.1 Å². The lowest BCUT2D eigenvalue weighted by molar-refractivity contribution is -0.121. The Morgan fingerprint density at radius 1 is 1.25 bits per heavy atom. The van der Waals surface area contributed by atoms with Gasteiger partial charge in [-0.1, -0.05) is 0 Å². The Hall–Kier alpha value is -3.46. The van der Waals surface area contributed by atoms with Crippen molar-refractivity contribution in [3.8, 4) is 0 Å². The average Bonchev–Trinajstić information content (AvgIpc) is 3.16. The number of hydrogen-bond donors (Lipinski definition) is 1. The number of ether oxygens (including phenoxy) is 1. The van der Waals surface area contributed by atoms with Crippen molar-refractivity contribution in [3.63, 3.8) is 0 Å². The summed E-state index contributed by atoms with van der Waals surface area (Å²) in [5, 5.41) is 3.01. The number of benzene rings is 1. The van der Waals surface area contributed by atoms with Gasteiger partial charge in [-0.25, -0.2) is 4.98 Å². The summed E-state index contributed by atoms with van der Waals surface area (Å²) in [6, 6.07) is 3.63. The van der Waals surface area contributed by atoms with Crippen molar-refractivity contribution in [2.45, 2.75) is 39.7 Å². The number of carbonyl (C=O) groups excluding carboxylic acids is 2. The van der Waals surface area contributed by atoms with Crippen LogP contribution in [-0.4, -0.2) is 42.1 Å². The molecule has 0 atom stereocenters. The highest BCUT2D eigenvalue weighted by atomic mass is 16.5. The molecule has 0 saturated heterocycles. The Morgan fingerprint density at radius 3 is 2.66 bits per heavy atom. The molecule has 0 bridgehead atoms. The van der Waals surface area contributed by atoms with Crippen LogP contribution in [0.2, 0.25) is 0 Å². The quantitative estimate of drug-likeness (QED) is 0.657. The summed E-state index contributed by atoms with van der Waals surface area (Å²) in [7, 11) is 3.30. The van der Waals surface area contributed by atoms with E-state index in [1.807, 2.05) is 32.9 Å². The molecule has 0 saturated carbocycles. The average molecular weight is 438 g/mol. The molecule has 32 heavy (non-hydrogen) atoms. The number of methoxy groups -OCH3 is 1. The molecule has 1 aliphatic heterocycles. The lowest BCUT2D eigenvalue weighted by Crippen LogP contribution is -2.33. The zero-order valence-corrected chi connectivity index (χ0v) is 19.0. The maximum absolute atomic E-state index is 13.2. The van der Waals surface area contributed by atoms with Crippen LogP contribution in [0.4, 0.5) is 11.4 Å². The van der Waals surface area contributed by atoms with Crippen LogP contribution in [0, 0.1) is 13.8 Å². The van der Waals surface area contributed by atoms with Crippen LogP contribution in [0.1, 0.15) is 41.1 Å². The first-order valence-electron chi connectivity index (χ1n) is 10.3. The first kappa shape index (κ1) is 21.8. The maximum Gasteiger partial charge on any atom is 0.265 e. The SMILES string of the molecule is COCCn1cnc2oc(C)c(C(=O)Nc3cc(C)c4c(c3)C(C)(C)C(=O)N4C)c2c1=O. The molecule has 0 radical (unpaired) electrons. The number of anilines is 2. The van der Waals surface area contributed by atoms with E-state index < -0.39 is 11.3 Å². The van der Waals surface area contributed by atoms with Crippen LogP contribution in [-0.2, 0) is 21.5 Å². The highest BCUT2D eigenvalue weighted by Crippen LogP contribution is 2.44. The molecule has 0 spiro atoms. The van der Waals surface area contributed by atoms with Gasteiger partial charge < -0.3 is 19.4 Å². The van der Waals surface area contributed by atoms with Crippen molar-refractivity contribution in [2.75, 3.05) is 31.0 Å². The molecule has 0 fully saturated rings. The summed E-state index contributed by atoms with van der Waals surface area (Å²) in [6.45, 7) is 7.90. The first-order chi connectivity index (χ1) is 15.1. The summed E-state index contributed by atoms with van der Waals surface area (Å²) in [5.74, 6) is -0.169. The molecule has 4 rings (SSSR count). The highest BCUT2D eigenvalue weighted by molar-refractivity contribution is 6.13. The molecule has 0 unspecified atom stereocenters. The van der Waals surface area contributed by atoms with Gasteiger partial charge in [0.05, 0.1) is 29.8 Å². The first-order valence-corrected chi connectivity index (χ1v) is 10.3. The van der Waals surface area contributed by atoms with Crippen molar-refractivity contribution in [2.24, 2.45) is 0 Å². The molecule has 2 amide bonds. The predicted octanol–water partition coefficient (Wildman–Crippen LogP) is 2.76. The smallest absolute Gasteiger partial charge is 0.265 e. The van der Waals surface area contributed by atoms with E-state index >= 15 is 0 Å². The largest absolute Gasteiger partial charge is 0.442 e. The zero-order valence-electron chi connectivity index (χ0n) is 19.0. The Morgan fingerprint density at radius 2 is 1.97 bits per heavy atom. The van der Waals surface area contributed by atoms with Gasteiger partial charge in [-0.15, -0.1) is 0 Å². The topological polar surface area (TPSA) is 107 Å². The molecule has 1 aromatic carbocycles. The van der Waals surface area contributed by atoms with Gasteiger partial charge in [0.1, 0.15) is 17.5 Å². The number of aryl methyl sites for hydroxylation is 2. The van der Waals surface area contributed by atoms with Crippen LogP contribution < -0.4 is 15.8 Å². The minimum absolute atomic E-state index is 0.00145. The maximum atomic E-state index is 13.2. The van der Waals surface area contributed by atoms with E-state index in [0.717, 1.165) is 16.8 Å². The van der Waals surface area contributed by atoms with E-state index in [1.54, 1.807) is 26.0 Å². The molecule has 3 heterocycles. The summed E-state index contributed by atoms with van der Waals surface area (Å²) in [5.41, 5.74) is 2.31. The van der Waals surface area contributed by atoms with Crippen molar-refractivity contribution < 1.29 is 18.7 Å². The third-order valence-corrected chi connectivity index (χ3v) is 6.02. The van der Waals surface area contributed by atoms with E-state index in [0.29, 0.717) is 24.6 Å². The van der Waals surface area contributed by atoms with Crippen LogP contribution in [0.5, 0.6) is 0 Å². The third-order valence-electron chi connectivity index (χ3n) is 6.02. The number of aromatic nitrogens is 2. The monoisotopic (exact) mass is 438 g/mol. The van der Waals surface area contributed by atoms with Gasteiger partial charge in [-0.05, 0) is 51.0 Å². The van der Waals surface area contributed by atoms with Crippen molar-refractivity contribution in [1.29, 1.82) is 0 Å². The van der Waals surface area contributed by atoms with Crippen LogP contribution in [0.15, 0.2) is 27.7 Å². The van der Waals surface area contributed by atoms with Gasteiger partial charge in [0.25, 0.3) is 11.5 Å². The van der Waals surface area contributed by atoms with Crippen LogP contribution in [0.3, 0.4) is 0 Å². The number of rotatable bonds is 5. The van der Waals surface area contributed by atoms with Gasteiger partial charge in [0.2, 0.25) is 11.6 Å². The van der Waals surface area contributed by atoms with Gasteiger partial charge >= 0.3 is 0 Å². The van der Waals surface area contributed by atoms with E-state index in [4.69, 9.17) is 9.15 Å². The number of nitrogens with zero attached hydrogens (tertiary/aromatic N) is 3. The molecule has 9 nitrogen and oxygen atoms in total. The van der Waals surface area contributed by atoms with Crippen molar-refractivity contribution in [1.82, 2.24) is 9.55 Å². The summed E-state index contributed by atoms with van der Waals surface area (Å²) in [4.78, 5) is 44.7. The molecule has 1 aliphatic rings. The number of fused-ring (bicyclic) bond motifs is 2. The van der Waals surface area contributed by atoms with E-state index in [2.05, 4.69) is 10.3 Å². The normalized spacial score (nSPS) is 14.8. The molecule has 1 N–H and O–H groups in total. The Kier molecular flexibility index (Phi) is 5.16. The lowest BCUT2D eigenvalue weighted by Gasteiger charge is -2.17. The van der Waals surface area contributed by atoms with Crippen LogP contribution >= 0.6 is 0 Å². The molecular weight excluding hydrogens is 412 g/mol. The molecule has 9 heteroatoms. The van der Waals surface area contributed by atoms with E-state index in [1.165, 1.54) is 10.9 Å². The number of nitrogens with one attached hydrogen (secondary N) is 1. The van der Waals surface area contributed by atoms with Gasteiger partial charge in [-0.3, -0.25) is 19.0 Å². The fourth-order valence-corrected chi connectivity index (χ4v) is 4.36.